The lowest BCUT2D eigenvalue weighted by Gasteiger charge is -2.54. The fourth-order valence-corrected chi connectivity index (χ4v) is 4.32. The highest BCUT2D eigenvalue weighted by Gasteiger charge is 2.46. The number of benzene rings is 2. The van der Waals surface area contributed by atoms with Crippen molar-refractivity contribution >= 4 is 17.5 Å². The van der Waals surface area contributed by atoms with Gasteiger partial charge >= 0.3 is 0 Å². The molecule has 2 aliphatic heterocycles. The van der Waals surface area contributed by atoms with E-state index in [1.54, 1.807) is 12.1 Å². The van der Waals surface area contributed by atoms with Gasteiger partial charge in [0.05, 0.1) is 6.42 Å². The van der Waals surface area contributed by atoms with Gasteiger partial charge in [-0.1, -0.05) is 35.9 Å². The third-order valence-electron chi connectivity index (χ3n) is 5.93. The van der Waals surface area contributed by atoms with Gasteiger partial charge in [-0.25, -0.2) is 0 Å². The number of carbonyl (C=O) groups excluding carboxylic acids is 1. The van der Waals surface area contributed by atoms with Crippen LogP contribution in [0.4, 0.5) is 0 Å². The standard InChI is InChI=1S/C22H25ClN2O2/c23-19-5-1-17(2-6-19)13-21(27)25-15-22(16-25)9-11-24(12-10-22)14-18-3-7-20(26)8-4-18/h1-8,26H,9-16H2. The summed E-state index contributed by atoms with van der Waals surface area (Å²) in [5.41, 5.74) is 2.58. The minimum Gasteiger partial charge on any atom is -0.508 e. The molecule has 2 aromatic carbocycles. The maximum absolute atomic E-state index is 12.5. The fourth-order valence-electron chi connectivity index (χ4n) is 4.19. The van der Waals surface area contributed by atoms with E-state index in [-0.39, 0.29) is 5.91 Å². The quantitative estimate of drug-likeness (QED) is 0.873. The monoisotopic (exact) mass is 384 g/mol. The van der Waals surface area contributed by atoms with Gasteiger partial charge in [-0.15, -0.1) is 0 Å². The molecule has 0 saturated carbocycles. The van der Waals surface area contributed by atoms with Crippen molar-refractivity contribution in [1.82, 2.24) is 9.80 Å². The molecule has 0 unspecified atom stereocenters. The Morgan fingerprint density at radius 1 is 0.963 bits per heavy atom. The molecule has 2 aliphatic rings. The molecule has 1 amide bonds. The molecular weight excluding hydrogens is 360 g/mol. The molecule has 5 heteroatoms. The Hall–Kier alpha value is -2.04. The van der Waals surface area contributed by atoms with Crippen LogP contribution in [-0.4, -0.2) is 47.0 Å². The van der Waals surface area contributed by atoms with Gasteiger partial charge in [0.1, 0.15) is 5.75 Å². The van der Waals surface area contributed by atoms with Gasteiger partial charge in [-0.2, -0.15) is 0 Å². The minimum absolute atomic E-state index is 0.217. The zero-order valence-corrected chi connectivity index (χ0v) is 16.2. The SMILES string of the molecule is O=C(Cc1ccc(Cl)cc1)N1CC2(CCN(Cc3ccc(O)cc3)CC2)C1. The Balaban J connectivity index is 1.24. The molecule has 4 rings (SSSR count). The molecule has 2 saturated heterocycles. The highest BCUT2D eigenvalue weighted by molar-refractivity contribution is 6.30. The lowest BCUT2D eigenvalue weighted by Crippen LogP contribution is -2.62. The number of hydrogen-bond donors (Lipinski definition) is 1. The van der Waals surface area contributed by atoms with Crippen molar-refractivity contribution < 1.29 is 9.90 Å². The number of nitrogens with zero attached hydrogens (tertiary/aromatic N) is 2. The zero-order chi connectivity index (χ0) is 18.9. The summed E-state index contributed by atoms with van der Waals surface area (Å²) in [4.78, 5) is 17.0. The van der Waals surface area contributed by atoms with E-state index < -0.39 is 0 Å². The van der Waals surface area contributed by atoms with Crippen molar-refractivity contribution in [3.05, 3.63) is 64.7 Å². The van der Waals surface area contributed by atoms with Gasteiger partial charge in [0.15, 0.2) is 0 Å². The van der Waals surface area contributed by atoms with Crippen molar-refractivity contribution in [2.75, 3.05) is 26.2 Å². The largest absolute Gasteiger partial charge is 0.508 e. The van der Waals surface area contributed by atoms with Gasteiger partial charge in [0, 0.05) is 30.1 Å². The topological polar surface area (TPSA) is 43.8 Å². The number of hydrogen-bond acceptors (Lipinski definition) is 3. The zero-order valence-electron chi connectivity index (χ0n) is 15.4. The molecule has 1 spiro atoms. The fraction of sp³-hybridized carbons (Fsp3) is 0.409. The van der Waals surface area contributed by atoms with E-state index in [9.17, 15) is 9.90 Å². The van der Waals surface area contributed by atoms with E-state index in [4.69, 9.17) is 11.6 Å². The third-order valence-corrected chi connectivity index (χ3v) is 6.19. The van der Waals surface area contributed by atoms with E-state index in [0.29, 0.717) is 22.6 Å². The van der Waals surface area contributed by atoms with Gasteiger partial charge in [0.25, 0.3) is 0 Å². The van der Waals surface area contributed by atoms with E-state index in [2.05, 4.69) is 4.90 Å². The van der Waals surface area contributed by atoms with Crippen LogP contribution in [-0.2, 0) is 17.8 Å². The maximum Gasteiger partial charge on any atom is 0.227 e. The lowest BCUT2D eigenvalue weighted by molar-refractivity contribution is -0.146. The number of aromatic hydroxyl groups is 1. The minimum atomic E-state index is 0.217. The Morgan fingerprint density at radius 2 is 1.56 bits per heavy atom. The molecule has 2 aromatic rings. The van der Waals surface area contributed by atoms with E-state index in [1.807, 2.05) is 41.3 Å². The molecule has 0 bridgehead atoms. The van der Waals surface area contributed by atoms with Crippen LogP contribution in [0.25, 0.3) is 0 Å². The Kier molecular flexibility index (Phi) is 5.11. The predicted molar refractivity (Wildman–Crippen MR) is 107 cm³/mol. The van der Waals surface area contributed by atoms with Crippen LogP contribution in [0.2, 0.25) is 5.02 Å². The Morgan fingerprint density at radius 3 is 2.19 bits per heavy atom. The molecule has 0 atom stereocenters. The highest BCUT2D eigenvalue weighted by atomic mass is 35.5. The summed E-state index contributed by atoms with van der Waals surface area (Å²) < 4.78 is 0. The van der Waals surface area contributed by atoms with E-state index >= 15 is 0 Å². The number of phenols is 1. The average Bonchev–Trinajstić information content (AvgIpc) is 2.64. The summed E-state index contributed by atoms with van der Waals surface area (Å²) in [5.74, 6) is 0.531. The molecule has 2 fully saturated rings. The van der Waals surface area contributed by atoms with Crippen LogP contribution in [0.1, 0.15) is 24.0 Å². The van der Waals surface area contributed by atoms with Gasteiger partial charge < -0.3 is 10.0 Å². The number of amides is 1. The third kappa shape index (κ3) is 4.28. The first-order chi connectivity index (χ1) is 13.0. The molecule has 142 valence electrons. The van der Waals surface area contributed by atoms with Crippen molar-refractivity contribution in [3.63, 3.8) is 0 Å². The number of halogens is 1. The first kappa shape index (κ1) is 18.3. The van der Waals surface area contributed by atoms with E-state index in [1.165, 1.54) is 5.56 Å². The van der Waals surface area contributed by atoms with Crippen LogP contribution in [0.3, 0.4) is 0 Å². The van der Waals surface area contributed by atoms with E-state index in [0.717, 1.165) is 51.1 Å². The Labute approximate surface area is 165 Å². The number of rotatable bonds is 4. The second-order valence-electron chi connectivity index (χ2n) is 8.00. The maximum atomic E-state index is 12.5. The van der Waals surface area contributed by atoms with Gasteiger partial charge in [-0.3, -0.25) is 9.69 Å². The molecule has 4 nitrogen and oxygen atoms in total. The highest BCUT2D eigenvalue weighted by Crippen LogP contribution is 2.41. The van der Waals surface area contributed by atoms with Crippen LogP contribution in [0.15, 0.2) is 48.5 Å². The smallest absolute Gasteiger partial charge is 0.227 e. The summed E-state index contributed by atoms with van der Waals surface area (Å²) in [6.45, 7) is 4.86. The van der Waals surface area contributed by atoms with Crippen LogP contribution >= 0.6 is 11.6 Å². The molecule has 2 heterocycles. The molecule has 0 radical (unpaired) electrons. The summed E-state index contributed by atoms with van der Waals surface area (Å²) in [7, 11) is 0. The number of phenolic OH excluding ortho intramolecular Hbond substituents is 1. The second kappa shape index (κ2) is 7.53. The normalized spacial score (nSPS) is 19.1. The first-order valence-corrected chi connectivity index (χ1v) is 9.92. The lowest BCUT2D eigenvalue weighted by atomic mass is 9.71. The molecule has 0 aliphatic carbocycles. The van der Waals surface area contributed by atoms with Crippen molar-refractivity contribution in [1.29, 1.82) is 0 Å². The van der Waals surface area contributed by atoms with Crippen molar-refractivity contribution in [2.45, 2.75) is 25.8 Å². The first-order valence-electron chi connectivity index (χ1n) is 9.54. The number of carbonyl (C=O) groups is 1. The number of likely N-dealkylation sites (tertiary alicyclic amines) is 2. The van der Waals surface area contributed by atoms with Crippen LogP contribution < -0.4 is 0 Å². The molecule has 1 N–H and O–H groups in total. The van der Waals surface area contributed by atoms with Gasteiger partial charge in [-0.05, 0) is 61.3 Å². The van der Waals surface area contributed by atoms with Gasteiger partial charge in [0.2, 0.25) is 5.91 Å². The second-order valence-corrected chi connectivity index (χ2v) is 8.43. The summed E-state index contributed by atoms with van der Waals surface area (Å²) >= 11 is 5.91. The predicted octanol–water partition coefficient (Wildman–Crippen LogP) is 3.71. The molecular formula is C22H25ClN2O2. The van der Waals surface area contributed by atoms with Crippen LogP contribution in [0.5, 0.6) is 5.75 Å². The summed E-state index contributed by atoms with van der Waals surface area (Å²) in [6, 6.07) is 15.0. The van der Waals surface area contributed by atoms with Crippen LogP contribution in [0, 0.1) is 5.41 Å². The summed E-state index contributed by atoms with van der Waals surface area (Å²) in [6.07, 6.45) is 2.76. The molecule has 27 heavy (non-hydrogen) atoms. The molecule has 0 aromatic heterocycles. The number of piperidine rings is 1. The Bertz CT molecular complexity index is 788. The van der Waals surface area contributed by atoms with Crippen molar-refractivity contribution in [2.24, 2.45) is 5.41 Å². The average molecular weight is 385 g/mol. The van der Waals surface area contributed by atoms with Crippen molar-refractivity contribution in [3.8, 4) is 5.75 Å². The summed E-state index contributed by atoms with van der Waals surface area (Å²) in [5, 5.41) is 10.1.